The first kappa shape index (κ1) is 22.6. The standard InChI is InChI=1S/C26H44N2O/c1-7-9-10-23(20-17-25(3,4)19-26(5,6)18-20)24-16-22(15-21(8-2)27-24)28-11-13-29-14-12-28/h15-16,20,23H,7-14,17-19H2,1-6H3. The minimum Gasteiger partial charge on any atom is -0.378 e. The van der Waals surface area contributed by atoms with Crippen LogP contribution in [0.3, 0.4) is 0 Å². The van der Waals surface area contributed by atoms with Crippen molar-refractivity contribution < 1.29 is 4.74 Å². The van der Waals surface area contributed by atoms with E-state index in [4.69, 9.17) is 9.72 Å². The molecule has 0 amide bonds. The number of aryl methyl sites for hydroxylation is 1. The lowest BCUT2D eigenvalue weighted by molar-refractivity contribution is 0.0524. The maximum Gasteiger partial charge on any atom is 0.0642 e. The number of ether oxygens (including phenoxy) is 1. The van der Waals surface area contributed by atoms with Crippen LogP contribution in [0.25, 0.3) is 0 Å². The average Bonchev–Trinajstić information content (AvgIpc) is 2.66. The van der Waals surface area contributed by atoms with E-state index in [0.29, 0.717) is 16.7 Å². The van der Waals surface area contributed by atoms with E-state index in [1.807, 2.05) is 0 Å². The second-order valence-corrected chi connectivity index (χ2v) is 11.1. The molecule has 1 saturated heterocycles. The van der Waals surface area contributed by atoms with Crippen molar-refractivity contribution in [3.05, 3.63) is 23.5 Å². The molecule has 0 aromatic carbocycles. The van der Waals surface area contributed by atoms with E-state index in [1.165, 1.54) is 55.6 Å². The normalized spacial score (nSPS) is 23.2. The third kappa shape index (κ3) is 5.96. The fraction of sp³-hybridized carbons (Fsp3) is 0.808. The summed E-state index contributed by atoms with van der Waals surface area (Å²) >= 11 is 0. The van der Waals surface area contributed by atoms with Gasteiger partial charge < -0.3 is 9.64 Å². The summed E-state index contributed by atoms with van der Waals surface area (Å²) in [5, 5.41) is 0. The summed E-state index contributed by atoms with van der Waals surface area (Å²) in [6, 6.07) is 4.75. The molecular weight excluding hydrogens is 356 g/mol. The zero-order valence-corrected chi connectivity index (χ0v) is 19.9. The van der Waals surface area contributed by atoms with Gasteiger partial charge in [0.1, 0.15) is 0 Å². The first-order valence-corrected chi connectivity index (χ1v) is 12.1. The summed E-state index contributed by atoms with van der Waals surface area (Å²) in [4.78, 5) is 7.71. The van der Waals surface area contributed by atoms with Gasteiger partial charge in [-0.25, -0.2) is 0 Å². The van der Waals surface area contributed by atoms with Crippen LogP contribution in [0.15, 0.2) is 12.1 Å². The van der Waals surface area contributed by atoms with Crippen LogP contribution in [-0.4, -0.2) is 31.3 Å². The molecular formula is C26H44N2O. The van der Waals surface area contributed by atoms with Gasteiger partial charge in [0.15, 0.2) is 0 Å². The lowest BCUT2D eigenvalue weighted by Crippen LogP contribution is -2.37. The molecule has 1 atom stereocenters. The quantitative estimate of drug-likeness (QED) is 0.515. The smallest absolute Gasteiger partial charge is 0.0642 e. The van der Waals surface area contributed by atoms with Gasteiger partial charge in [-0.3, -0.25) is 4.98 Å². The molecule has 2 aliphatic rings. The fourth-order valence-electron chi connectivity index (χ4n) is 6.23. The predicted octanol–water partition coefficient (Wildman–Crippen LogP) is 6.61. The van der Waals surface area contributed by atoms with Crippen LogP contribution in [0.5, 0.6) is 0 Å². The van der Waals surface area contributed by atoms with Crippen LogP contribution in [0, 0.1) is 16.7 Å². The Hall–Kier alpha value is -1.09. The Morgan fingerprint density at radius 2 is 1.72 bits per heavy atom. The highest BCUT2D eigenvalue weighted by Crippen LogP contribution is 2.53. The summed E-state index contributed by atoms with van der Waals surface area (Å²) < 4.78 is 5.59. The van der Waals surface area contributed by atoms with E-state index < -0.39 is 0 Å². The monoisotopic (exact) mass is 400 g/mol. The average molecular weight is 401 g/mol. The number of nitrogens with zero attached hydrogens (tertiary/aromatic N) is 2. The molecule has 29 heavy (non-hydrogen) atoms. The minimum atomic E-state index is 0.423. The highest BCUT2D eigenvalue weighted by atomic mass is 16.5. The Balaban J connectivity index is 1.95. The number of aromatic nitrogens is 1. The number of morpholine rings is 1. The SMILES string of the molecule is CCCCC(c1cc(N2CCOCC2)cc(CC)n1)C1CC(C)(C)CC(C)(C)C1. The van der Waals surface area contributed by atoms with Crippen LogP contribution in [0.4, 0.5) is 5.69 Å². The van der Waals surface area contributed by atoms with Crippen LogP contribution >= 0.6 is 0 Å². The third-order valence-corrected chi connectivity index (χ3v) is 7.03. The van der Waals surface area contributed by atoms with Crippen LogP contribution in [-0.2, 0) is 11.2 Å². The minimum absolute atomic E-state index is 0.423. The molecule has 0 spiro atoms. The van der Waals surface area contributed by atoms with Crippen molar-refractivity contribution in [3.63, 3.8) is 0 Å². The van der Waals surface area contributed by atoms with Crippen LogP contribution in [0.2, 0.25) is 0 Å². The van der Waals surface area contributed by atoms with Gasteiger partial charge in [0.05, 0.1) is 13.2 Å². The lowest BCUT2D eigenvalue weighted by Gasteiger charge is -2.47. The molecule has 0 radical (unpaired) electrons. The second-order valence-electron chi connectivity index (χ2n) is 11.1. The van der Waals surface area contributed by atoms with Gasteiger partial charge in [-0.2, -0.15) is 0 Å². The fourth-order valence-corrected chi connectivity index (χ4v) is 6.23. The van der Waals surface area contributed by atoms with Gasteiger partial charge in [0.2, 0.25) is 0 Å². The number of anilines is 1. The molecule has 1 aromatic heterocycles. The molecule has 0 N–H and O–H groups in total. The maximum absolute atomic E-state index is 5.59. The predicted molar refractivity (Wildman–Crippen MR) is 124 cm³/mol. The van der Waals surface area contributed by atoms with Crippen LogP contribution in [0.1, 0.15) is 97.4 Å². The maximum atomic E-state index is 5.59. The molecule has 1 aliphatic heterocycles. The van der Waals surface area contributed by atoms with Gasteiger partial charge in [-0.05, 0) is 61.0 Å². The van der Waals surface area contributed by atoms with Crippen molar-refractivity contribution >= 4 is 5.69 Å². The largest absolute Gasteiger partial charge is 0.378 e. The van der Waals surface area contributed by atoms with Crippen molar-refractivity contribution in [1.29, 1.82) is 0 Å². The van der Waals surface area contributed by atoms with E-state index in [2.05, 4.69) is 58.6 Å². The highest BCUT2D eigenvalue weighted by molar-refractivity contribution is 5.49. The lowest BCUT2D eigenvalue weighted by atomic mass is 9.58. The Kier molecular flexibility index (Phi) is 7.30. The second kappa shape index (κ2) is 9.37. The Labute approximate surface area is 179 Å². The van der Waals surface area contributed by atoms with E-state index in [-0.39, 0.29) is 0 Å². The van der Waals surface area contributed by atoms with E-state index in [9.17, 15) is 0 Å². The molecule has 1 saturated carbocycles. The summed E-state index contributed by atoms with van der Waals surface area (Å²) in [6.45, 7) is 18.1. The Bertz CT molecular complexity index is 645. The Morgan fingerprint density at radius 1 is 1.07 bits per heavy atom. The number of hydrogen-bond acceptors (Lipinski definition) is 3. The number of hydrogen-bond donors (Lipinski definition) is 0. The van der Waals surface area contributed by atoms with Gasteiger partial charge in [0, 0.05) is 36.1 Å². The summed E-state index contributed by atoms with van der Waals surface area (Å²) in [5.41, 5.74) is 4.82. The first-order chi connectivity index (χ1) is 13.7. The van der Waals surface area contributed by atoms with Gasteiger partial charge in [-0.15, -0.1) is 0 Å². The molecule has 164 valence electrons. The molecule has 3 nitrogen and oxygen atoms in total. The molecule has 2 fully saturated rings. The first-order valence-electron chi connectivity index (χ1n) is 12.1. The van der Waals surface area contributed by atoms with Gasteiger partial charge >= 0.3 is 0 Å². The molecule has 1 unspecified atom stereocenters. The molecule has 1 aliphatic carbocycles. The number of pyridine rings is 1. The molecule has 1 aromatic rings. The topological polar surface area (TPSA) is 25.4 Å². The zero-order valence-electron chi connectivity index (χ0n) is 19.9. The third-order valence-electron chi connectivity index (χ3n) is 7.03. The van der Waals surface area contributed by atoms with Crippen LogP contribution < -0.4 is 4.90 Å². The summed E-state index contributed by atoms with van der Waals surface area (Å²) in [6.07, 6.45) is 8.83. The Morgan fingerprint density at radius 3 is 2.31 bits per heavy atom. The van der Waals surface area contributed by atoms with Crippen molar-refractivity contribution in [2.75, 3.05) is 31.2 Å². The molecule has 2 heterocycles. The van der Waals surface area contributed by atoms with E-state index in [1.54, 1.807) is 0 Å². The van der Waals surface area contributed by atoms with E-state index in [0.717, 1.165) is 38.6 Å². The summed E-state index contributed by atoms with van der Waals surface area (Å²) in [5.74, 6) is 1.32. The summed E-state index contributed by atoms with van der Waals surface area (Å²) in [7, 11) is 0. The van der Waals surface area contributed by atoms with Gasteiger partial charge in [0.25, 0.3) is 0 Å². The van der Waals surface area contributed by atoms with Gasteiger partial charge in [-0.1, -0.05) is 54.4 Å². The van der Waals surface area contributed by atoms with Crippen molar-refractivity contribution in [1.82, 2.24) is 4.98 Å². The number of rotatable bonds is 7. The van der Waals surface area contributed by atoms with Crippen molar-refractivity contribution in [2.45, 2.75) is 92.4 Å². The van der Waals surface area contributed by atoms with Crippen molar-refractivity contribution in [2.24, 2.45) is 16.7 Å². The van der Waals surface area contributed by atoms with E-state index >= 15 is 0 Å². The molecule has 3 heteroatoms. The zero-order chi connectivity index (χ0) is 21.1. The molecule has 3 rings (SSSR count). The molecule has 0 bridgehead atoms. The number of unbranched alkanes of at least 4 members (excludes halogenated alkanes) is 1. The highest BCUT2D eigenvalue weighted by Gasteiger charge is 2.41. The van der Waals surface area contributed by atoms with Crippen molar-refractivity contribution in [3.8, 4) is 0 Å².